The molecule has 0 fully saturated rings. The molecule has 158 valence electrons. The van der Waals surface area contributed by atoms with Gasteiger partial charge in [0.2, 0.25) is 5.31 Å². The summed E-state index contributed by atoms with van der Waals surface area (Å²) >= 11 is 1.52. The standard InChI is InChI=1S/C25H25N3PS.HI/c1-28(2)20-27-25(30-3)24(19-26)29(21-13-7-4-8-14-21,22-15-9-5-10-16-22)23-17-11-6-12-18-23;/h4-18,20H,1-3H3;1H/q+1;/b25-24-,27-20+;. The molecular formula is C25H26IN3PS+. The Hall–Kier alpha value is -2.13. The molecule has 31 heavy (non-hydrogen) atoms. The van der Waals surface area contributed by atoms with Gasteiger partial charge < -0.3 is 4.90 Å². The molecule has 3 aromatic rings. The minimum atomic E-state index is -2.43. The van der Waals surface area contributed by atoms with Crippen LogP contribution in [0.25, 0.3) is 0 Å². The summed E-state index contributed by atoms with van der Waals surface area (Å²) in [5.41, 5.74) is 0. The van der Waals surface area contributed by atoms with Crippen molar-refractivity contribution in [3.8, 4) is 6.07 Å². The average molecular weight is 558 g/mol. The molecule has 0 aliphatic carbocycles. The van der Waals surface area contributed by atoms with Crippen LogP contribution in [-0.2, 0) is 0 Å². The van der Waals surface area contributed by atoms with Gasteiger partial charge in [-0.1, -0.05) is 54.6 Å². The number of thioether (sulfide) groups is 1. The summed E-state index contributed by atoms with van der Waals surface area (Å²) < 4.78 is 0. The van der Waals surface area contributed by atoms with Crippen LogP contribution in [0.1, 0.15) is 0 Å². The fraction of sp³-hybridized carbons (Fsp3) is 0.120. The summed E-state index contributed by atoms with van der Waals surface area (Å²) in [5, 5.41) is 15.4. The van der Waals surface area contributed by atoms with Crippen molar-refractivity contribution < 1.29 is 0 Å². The van der Waals surface area contributed by atoms with E-state index in [2.05, 4.69) is 42.5 Å². The zero-order valence-electron chi connectivity index (χ0n) is 17.8. The molecule has 0 atom stereocenters. The van der Waals surface area contributed by atoms with Gasteiger partial charge in [0.15, 0.2) is 12.3 Å². The van der Waals surface area contributed by atoms with E-state index < -0.39 is 7.26 Å². The lowest BCUT2D eigenvalue weighted by Crippen LogP contribution is -2.32. The third-order valence-corrected chi connectivity index (χ3v) is 9.72. The molecule has 3 nitrogen and oxygen atoms in total. The second-order valence-corrected chi connectivity index (χ2v) is 11.0. The largest absolute Gasteiger partial charge is 0.369 e. The van der Waals surface area contributed by atoms with Crippen LogP contribution >= 0.6 is 43.0 Å². The molecule has 0 N–H and O–H groups in total. The highest BCUT2D eigenvalue weighted by molar-refractivity contribution is 14.0. The number of rotatable bonds is 7. The van der Waals surface area contributed by atoms with Crippen molar-refractivity contribution in [2.45, 2.75) is 0 Å². The van der Waals surface area contributed by atoms with Crippen molar-refractivity contribution in [1.82, 2.24) is 4.90 Å². The highest BCUT2D eigenvalue weighted by atomic mass is 127. The van der Waals surface area contributed by atoms with Crippen LogP contribution in [0.4, 0.5) is 0 Å². The number of allylic oxidation sites excluding steroid dienone is 1. The maximum Gasteiger partial charge on any atom is 0.217 e. The minimum Gasteiger partial charge on any atom is -0.369 e. The van der Waals surface area contributed by atoms with Gasteiger partial charge in [-0.15, -0.1) is 35.7 Å². The first-order chi connectivity index (χ1) is 14.6. The van der Waals surface area contributed by atoms with E-state index in [-0.39, 0.29) is 24.0 Å². The zero-order valence-corrected chi connectivity index (χ0v) is 21.9. The van der Waals surface area contributed by atoms with E-state index in [1.165, 1.54) is 11.8 Å². The normalized spacial score (nSPS) is 11.9. The number of halogens is 1. The Morgan fingerprint density at radius 3 is 1.52 bits per heavy atom. The third-order valence-electron chi connectivity index (χ3n) is 4.67. The molecule has 3 rings (SSSR count). The van der Waals surface area contributed by atoms with Gasteiger partial charge in [0.05, 0.1) is 6.34 Å². The lowest BCUT2D eigenvalue weighted by atomic mass is 10.4. The van der Waals surface area contributed by atoms with Gasteiger partial charge >= 0.3 is 0 Å². The molecule has 6 heteroatoms. The Kier molecular flexibility index (Phi) is 9.77. The molecule has 0 spiro atoms. The monoisotopic (exact) mass is 558 g/mol. The highest BCUT2D eigenvalue weighted by Crippen LogP contribution is 2.63. The van der Waals surface area contributed by atoms with Crippen molar-refractivity contribution in [2.24, 2.45) is 4.99 Å². The van der Waals surface area contributed by atoms with E-state index in [0.717, 1.165) is 26.3 Å². The summed E-state index contributed by atoms with van der Waals surface area (Å²) in [6.45, 7) is 0. The van der Waals surface area contributed by atoms with Crippen LogP contribution in [0, 0.1) is 11.3 Å². The Morgan fingerprint density at radius 2 is 1.23 bits per heavy atom. The Balaban J connectivity index is 0.00000341. The molecular weight excluding hydrogens is 532 g/mol. The molecule has 0 aliphatic heterocycles. The first-order valence-electron chi connectivity index (χ1n) is 9.60. The van der Waals surface area contributed by atoms with E-state index in [0.29, 0.717) is 0 Å². The fourth-order valence-electron chi connectivity index (χ4n) is 3.43. The second kappa shape index (κ2) is 12.0. The van der Waals surface area contributed by atoms with E-state index in [9.17, 15) is 5.26 Å². The maximum atomic E-state index is 10.5. The van der Waals surface area contributed by atoms with Gasteiger partial charge in [-0.05, 0) is 42.7 Å². The predicted molar refractivity (Wildman–Crippen MR) is 149 cm³/mol. The van der Waals surface area contributed by atoms with Crippen LogP contribution in [-0.4, -0.2) is 31.6 Å². The molecule has 0 unspecified atom stereocenters. The van der Waals surface area contributed by atoms with Gasteiger partial charge in [0, 0.05) is 14.1 Å². The second-order valence-electron chi connectivity index (χ2n) is 6.86. The van der Waals surface area contributed by atoms with Gasteiger partial charge in [0.1, 0.15) is 22.0 Å². The topological polar surface area (TPSA) is 39.4 Å². The van der Waals surface area contributed by atoms with Gasteiger partial charge in [-0.25, -0.2) is 4.99 Å². The van der Waals surface area contributed by atoms with Gasteiger partial charge in [-0.2, -0.15) is 5.26 Å². The SMILES string of the molecule is CSC(/N=C/N(C)C)=C(/C#N)[P+](c1ccccc1)(c1ccccc1)c1ccccc1.I. The van der Waals surface area contributed by atoms with Crippen molar-refractivity contribution in [2.75, 3.05) is 20.4 Å². The number of hydrogen-bond acceptors (Lipinski definition) is 3. The molecule has 0 aliphatic rings. The summed E-state index contributed by atoms with van der Waals surface area (Å²) in [5.74, 6) is 0. The third kappa shape index (κ3) is 5.38. The Bertz CT molecular complexity index is 966. The Labute approximate surface area is 207 Å². The molecule has 3 aromatic carbocycles. The van der Waals surface area contributed by atoms with Crippen molar-refractivity contribution in [3.05, 3.63) is 101 Å². The predicted octanol–water partition coefficient (Wildman–Crippen LogP) is 5.24. The molecule has 0 saturated carbocycles. The summed E-state index contributed by atoms with van der Waals surface area (Å²) in [7, 11) is 1.43. The smallest absolute Gasteiger partial charge is 0.217 e. The quantitative estimate of drug-likeness (QED) is 0.131. The van der Waals surface area contributed by atoms with Crippen LogP contribution < -0.4 is 15.9 Å². The summed E-state index contributed by atoms with van der Waals surface area (Å²) in [6.07, 6.45) is 3.74. The Morgan fingerprint density at radius 1 is 0.839 bits per heavy atom. The maximum absolute atomic E-state index is 10.5. The molecule has 0 amide bonds. The number of nitrogens with zero attached hydrogens (tertiary/aromatic N) is 3. The van der Waals surface area contributed by atoms with Gasteiger partial charge in [-0.3, -0.25) is 0 Å². The highest BCUT2D eigenvalue weighted by Gasteiger charge is 2.51. The van der Waals surface area contributed by atoms with E-state index in [1.807, 2.05) is 79.8 Å². The molecule has 0 radical (unpaired) electrons. The van der Waals surface area contributed by atoms with Crippen LogP contribution in [0.15, 0.2) is 106 Å². The molecule has 0 aromatic heterocycles. The average Bonchev–Trinajstić information content (AvgIpc) is 2.80. The fourth-order valence-corrected chi connectivity index (χ4v) is 8.53. The van der Waals surface area contributed by atoms with E-state index in [1.54, 1.807) is 6.34 Å². The molecule has 0 heterocycles. The summed E-state index contributed by atoms with van der Waals surface area (Å²) in [4.78, 5) is 6.59. The number of aliphatic imine (C=N–C) groups is 1. The van der Waals surface area contributed by atoms with Crippen LogP contribution in [0.5, 0.6) is 0 Å². The van der Waals surface area contributed by atoms with Gasteiger partial charge in [0.25, 0.3) is 0 Å². The van der Waals surface area contributed by atoms with Crippen molar-refractivity contribution in [1.29, 1.82) is 5.26 Å². The first-order valence-corrected chi connectivity index (χ1v) is 12.6. The van der Waals surface area contributed by atoms with Crippen molar-refractivity contribution in [3.63, 3.8) is 0 Å². The lowest BCUT2D eigenvalue weighted by Gasteiger charge is -2.27. The molecule has 0 bridgehead atoms. The number of nitriles is 1. The lowest BCUT2D eigenvalue weighted by molar-refractivity contribution is 0.643. The summed E-state index contributed by atoms with van der Waals surface area (Å²) in [6, 6.07) is 33.8. The van der Waals surface area contributed by atoms with E-state index >= 15 is 0 Å². The minimum absolute atomic E-state index is 0. The van der Waals surface area contributed by atoms with Crippen LogP contribution in [0.3, 0.4) is 0 Å². The molecule has 0 saturated heterocycles. The number of hydrogen-bond donors (Lipinski definition) is 0. The van der Waals surface area contributed by atoms with E-state index in [4.69, 9.17) is 4.99 Å². The van der Waals surface area contributed by atoms with Crippen LogP contribution in [0.2, 0.25) is 0 Å². The van der Waals surface area contributed by atoms with Crippen molar-refractivity contribution >= 4 is 65.3 Å². The zero-order chi connectivity index (χ0) is 21.4. The number of benzene rings is 3. The first kappa shape index (κ1) is 25.1.